The lowest BCUT2D eigenvalue weighted by molar-refractivity contribution is -0.149. The fourth-order valence-corrected chi connectivity index (χ4v) is 3.93. The third kappa shape index (κ3) is 5.38. The number of benzene rings is 1. The van der Waals surface area contributed by atoms with Crippen molar-refractivity contribution in [3.63, 3.8) is 0 Å². The first-order valence-corrected chi connectivity index (χ1v) is 9.92. The highest BCUT2D eigenvalue weighted by molar-refractivity contribution is 9.15. The number of carbonyl (C=O) groups is 3. The van der Waals surface area contributed by atoms with E-state index in [1.54, 1.807) is 26.8 Å². The Kier molecular flexibility index (Phi) is 7.11. The van der Waals surface area contributed by atoms with Crippen LogP contribution in [0.15, 0.2) is 36.4 Å². The molecule has 2 rings (SSSR count). The highest BCUT2D eigenvalue weighted by Gasteiger charge is 2.54. The number of ether oxygens (including phenoxy) is 3. The van der Waals surface area contributed by atoms with Gasteiger partial charge in [-0.05, 0) is 26.3 Å². The molecule has 0 radical (unpaired) electrons. The van der Waals surface area contributed by atoms with E-state index in [2.05, 4.69) is 15.9 Å². The summed E-state index contributed by atoms with van der Waals surface area (Å²) in [7, 11) is 2.51. The molecule has 7 nitrogen and oxygen atoms in total. The highest BCUT2D eigenvalue weighted by Crippen LogP contribution is 2.42. The van der Waals surface area contributed by atoms with Crippen molar-refractivity contribution in [2.24, 2.45) is 5.41 Å². The van der Waals surface area contributed by atoms with Gasteiger partial charge in [0.05, 0.1) is 14.2 Å². The summed E-state index contributed by atoms with van der Waals surface area (Å²) in [6.07, 6.45) is 1.02. The maximum atomic E-state index is 12.8. The summed E-state index contributed by atoms with van der Waals surface area (Å²) >= 11 is 3.51. The van der Waals surface area contributed by atoms with Crippen molar-refractivity contribution in [1.82, 2.24) is 4.90 Å². The van der Waals surface area contributed by atoms with Gasteiger partial charge in [0.15, 0.2) is 0 Å². The summed E-state index contributed by atoms with van der Waals surface area (Å²) in [4.78, 5) is 39.2. The predicted octanol–water partition coefficient (Wildman–Crippen LogP) is 3.76. The predicted molar refractivity (Wildman–Crippen MR) is 111 cm³/mol. The van der Waals surface area contributed by atoms with Gasteiger partial charge in [0.25, 0.3) is 0 Å². The summed E-state index contributed by atoms with van der Waals surface area (Å²) in [5.74, 6) is -1.17. The average Bonchev–Trinajstić information content (AvgIpc) is 3.07. The Bertz CT molecular complexity index is 801. The van der Waals surface area contributed by atoms with Crippen LogP contribution in [0.1, 0.15) is 32.8 Å². The molecule has 0 aromatic heterocycles. The van der Waals surface area contributed by atoms with Gasteiger partial charge >= 0.3 is 18.0 Å². The molecule has 1 aliphatic rings. The number of methoxy groups -OCH3 is 2. The molecule has 2 atom stereocenters. The smallest absolute Gasteiger partial charge is 0.411 e. The Morgan fingerprint density at radius 3 is 2.28 bits per heavy atom. The Hall–Kier alpha value is -2.35. The first-order valence-electron chi connectivity index (χ1n) is 9.12. The molecule has 0 N–H and O–H groups in total. The van der Waals surface area contributed by atoms with E-state index in [0.717, 1.165) is 5.56 Å². The third-order valence-electron chi connectivity index (χ3n) is 4.53. The van der Waals surface area contributed by atoms with Gasteiger partial charge in [-0.1, -0.05) is 52.3 Å². The Balaban J connectivity index is 2.48. The lowest BCUT2D eigenvalue weighted by Gasteiger charge is -2.28. The van der Waals surface area contributed by atoms with Crippen molar-refractivity contribution < 1.29 is 28.6 Å². The Morgan fingerprint density at radius 1 is 1.14 bits per heavy atom. The standard InChI is InChI=1S/C21H26BrNO6/c1-20(2,3)29-19(26)23-13-21(18(25)28-5,12-16(23)17(24)27-4)11-15(22)14-9-7-6-8-10-14/h6-11,16H,12-13H2,1-5H3/b15-11+/t16-,21+/m0/s1. The molecular formula is C21H26BrNO6. The van der Waals surface area contributed by atoms with Gasteiger partial charge in [0.2, 0.25) is 0 Å². The maximum absolute atomic E-state index is 12.8. The van der Waals surface area contributed by atoms with Crippen molar-refractivity contribution in [3.05, 3.63) is 42.0 Å². The molecule has 1 aromatic rings. The molecule has 158 valence electrons. The van der Waals surface area contributed by atoms with E-state index in [1.165, 1.54) is 19.1 Å². The normalized spacial score (nSPS) is 22.2. The number of hydrogen-bond donors (Lipinski definition) is 0. The van der Waals surface area contributed by atoms with Gasteiger partial charge in [-0.2, -0.15) is 0 Å². The van der Waals surface area contributed by atoms with Crippen LogP contribution in [-0.2, 0) is 23.8 Å². The fourth-order valence-electron chi connectivity index (χ4n) is 3.23. The molecule has 0 saturated carbocycles. The van der Waals surface area contributed by atoms with E-state index in [-0.39, 0.29) is 13.0 Å². The molecule has 8 heteroatoms. The number of carbonyl (C=O) groups excluding carboxylic acids is 3. The van der Waals surface area contributed by atoms with E-state index in [0.29, 0.717) is 4.48 Å². The van der Waals surface area contributed by atoms with Gasteiger partial charge in [-0.3, -0.25) is 9.69 Å². The molecule has 1 aliphatic heterocycles. The molecule has 29 heavy (non-hydrogen) atoms. The zero-order chi connectivity index (χ0) is 21.8. The summed E-state index contributed by atoms with van der Waals surface area (Å²) in [6.45, 7) is 5.12. The van der Waals surface area contributed by atoms with Crippen molar-refractivity contribution >= 4 is 38.4 Å². The maximum Gasteiger partial charge on any atom is 0.411 e. The van der Waals surface area contributed by atoms with Gasteiger partial charge in [-0.15, -0.1) is 0 Å². The van der Waals surface area contributed by atoms with Crippen LogP contribution in [0, 0.1) is 5.41 Å². The number of halogens is 1. The van der Waals surface area contributed by atoms with Crippen LogP contribution in [0.4, 0.5) is 4.79 Å². The Labute approximate surface area is 179 Å². The zero-order valence-corrected chi connectivity index (χ0v) is 18.8. The van der Waals surface area contributed by atoms with E-state index >= 15 is 0 Å². The molecule has 0 unspecified atom stereocenters. The topological polar surface area (TPSA) is 82.1 Å². The van der Waals surface area contributed by atoms with Crippen LogP contribution in [0.25, 0.3) is 4.48 Å². The molecule has 1 amide bonds. The average molecular weight is 468 g/mol. The van der Waals surface area contributed by atoms with Crippen molar-refractivity contribution in [2.45, 2.75) is 38.8 Å². The van der Waals surface area contributed by atoms with E-state index < -0.39 is 35.1 Å². The molecular weight excluding hydrogens is 442 g/mol. The lowest BCUT2D eigenvalue weighted by atomic mass is 9.84. The van der Waals surface area contributed by atoms with Crippen LogP contribution in [0.5, 0.6) is 0 Å². The van der Waals surface area contributed by atoms with Gasteiger partial charge < -0.3 is 14.2 Å². The number of likely N-dealkylation sites (tertiary alicyclic amines) is 1. The quantitative estimate of drug-likeness (QED) is 0.495. The molecule has 0 bridgehead atoms. The number of esters is 2. The van der Waals surface area contributed by atoms with E-state index in [4.69, 9.17) is 14.2 Å². The third-order valence-corrected chi connectivity index (χ3v) is 5.22. The van der Waals surface area contributed by atoms with Crippen molar-refractivity contribution in [2.75, 3.05) is 20.8 Å². The number of rotatable bonds is 4. The zero-order valence-electron chi connectivity index (χ0n) is 17.2. The first kappa shape index (κ1) is 22.9. The van der Waals surface area contributed by atoms with Gasteiger partial charge in [0.1, 0.15) is 17.1 Å². The minimum absolute atomic E-state index is 0.0214. The molecule has 0 spiro atoms. The lowest BCUT2D eigenvalue weighted by Crippen LogP contribution is -2.44. The SMILES string of the molecule is COC(=O)[C@@H]1C[C@@](/C=C(/Br)c2ccccc2)(C(=O)OC)CN1C(=O)OC(C)(C)C. The Morgan fingerprint density at radius 2 is 1.76 bits per heavy atom. The summed E-state index contributed by atoms with van der Waals surface area (Å²) in [5.41, 5.74) is -1.14. The number of amides is 1. The second-order valence-corrected chi connectivity index (χ2v) is 8.71. The van der Waals surface area contributed by atoms with Crippen molar-refractivity contribution in [1.29, 1.82) is 0 Å². The fraction of sp³-hybridized carbons (Fsp3) is 0.476. The molecule has 1 fully saturated rings. The second kappa shape index (κ2) is 8.98. The highest BCUT2D eigenvalue weighted by atomic mass is 79.9. The van der Waals surface area contributed by atoms with Gasteiger partial charge in [0, 0.05) is 17.4 Å². The minimum Gasteiger partial charge on any atom is -0.468 e. The van der Waals surface area contributed by atoms with E-state index in [1.807, 2.05) is 30.3 Å². The van der Waals surface area contributed by atoms with Crippen LogP contribution in [0.3, 0.4) is 0 Å². The molecule has 0 aliphatic carbocycles. The molecule has 1 saturated heterocycles. The molecule has 1 aromatic carbocycles. The van der Waals surface area contributed by atoms with Gasteiger partial charge in [-0.25, -0.2) is 9.59 Å². The summed E-state index contributed by atoms with van der Waals surface area (Å²) in [6, 6.07) is 8.41. The monoisotopic (exact) mass is 467 g/mol. The number of nitrogens with zero attached hydrogens (tertiary/aromatic N) is 1. The second-order valence-electron chi connectivity index (χ2n) is 7.86. The summed E-state index contributed by atoms with van der Waals surface area (Å²) in [5, 5.41) is 0. The van der Waals surface area contributed by atoms with E-state index in [9.17, 15) is 14.4 Å². The largest absolute Gasteiger partial charge is 0.468 e. The first-order chi connectivity index (χ1) is 13.5. The van der Waals surface area contributed by atoms with Crippen LogP contribution < -0.4 is 0 Å². The summed E-state index contributed by atoms with van der Waals surface area (Å²) < 4.78 is 16.0. The minimum atomic E-state index is -1.24. The number of hydrogen-bond acceptors (Lipinski definition) is 6. The van der Waals surface area contributed by atoms with Crippen LogP contribution in [0.2, 0.25) is 0 Å². The van der Waals surface area contributed by atoms with Crippen LogP contribution in [-0.4, -0.2) is 55.3 Å². The molecule has 1 heterocycles. The van der Waals surface area contributed by atoms with Crippen LogP contribution >= 0.6 is 15.9 Å². The van der Waals surface area contributed by atoms with Crippen molar-refractivity contribution in [3.8, 4) is 0 Å².